The third-order valence-electron chi connectivity index (χ3n) is 4.15. The van der Waals surface area contributed by atoms with Gasteiger partial charge in [-0.15, -0.1) is 0 Å². The second kappa shape index (κ2) is 11.8. The molecule has 0 aliphatic carbocycles. The summed E-state index contributed by atoms with van der Waals surface area (Å²) in [6.07, 6.45) is 19.0. The topological polar surface area (TPSA) is 49.8 Å². The first-order valence-corrected chi connectivity index (χ1v) is 8.79. The summed E-state index contributed by atoms with van der Waals surface area (Å²) in [7, 11) is 0. The molecule has 1 N–H and O–H groups in total. The minimum atomic E-state index is -0.848. The van der Waals surface area contributed by atoms with Gasteiger partial charge in [-0.1, -0.05) is 64.4 Å². The van der Waals surface area contributed by atoms with E-state index in [9.17, 15) is 4.79 Å². The van der Waals surface area contributed by atoms with E-state index in [0.717, 1.165) is 12.8 Å². The van der Waals surface area contributed by atoms with E-state index in [0.29, 0.717) is 12.2 Å². The molecule has 0 aromatic heterocycles. The predicted molar refractivity (Wildman–Crippen MR) is 86.5 cm³/mol. The van der Waals surface area contributed by atoms with E-state index < -0.39 is 5.97 Å². The summed E-state index contributed by atoms with van der Waals surface area (Å²) in [5.41, 5.74) is 0. The average Bonchev–Trinajstić information content (AvgIpc) is 3.20. The molecule has 1 aliphatic heterocycles. The molecule has 0 saturated carbocycles. The summed E-state index contributed by atoms with van der Waals surface area (Å²) in [5, 5.41) is 8.45. The van der Waals surface area contributed by atoms with Crippen LogP contribution in [0.1, 0.15) is 84.0 Å². The molecule has 1 saturated heterocycles. The Kier molecular flexibility index (Phi) is 10.2. The number of unbranched alkanes of at least 4 members (excludes halogenated alkanes) is 8. The van der Waals surface area contributed by atoms with E-state index in [1.54, 1.807) is 6.08 Å². The first-order chi connectivity index (χ1) is 10.2. The molecule has 1 fully saturated rings. The van der Waals surface area contributed by atoms with E-state index in [1.807, 2.05) is 0 Å². The summed E-state index contributed by atoms with van der Waals surface area (Å²) in [4.78, 5) is 10.3. The summed E-state index contributed by atoms with van der Waals surface area (Å²) in [5.74, 6) is -0.848. The number of allylic oxidation sites excluding steroid dienone is 1. The highest BCUT2D eigenvalue weighted by atomic mass is 16.6. The Labute approximate surface area is 129 Å². The van der Waals surface area contributed by atoms with Crippen LogP contribution in [0.3, 0.4) is 0 Å². The second-order valence-electron chi connectivity index (χ2n) is 6.15. The SMILES string of the molecule is CCCCCCCCC1OC1CCCCC/C=C\C(=O)O. The molecule has 0 aromatic rings. The van der Waals surface area contributed by atoms with E-state index in [-0.39, 0.29) is 0 Å². The zero-order valence-electron chi connectivity index (χ0n) is 13.6. The Balaban J connectivity index is 1.81. The van der Waals surface area contributed by atoms with E-state index in [1.165, 1.54) is 70.3 Å². The molecule has 0 amide bonds. The fourth-order valence-corrected chi connectivity index (χ4v) is 2.78. The average molecular weight is 296 g/mol. The molecule has 0 radical (unpaired) electrons. The Bertz CT molecular complexity index is 299. The van der Waals surface area contributed by atoms with Crippen molar-refractivity contribution >= 4 is 5.97 Å². The lowest BCUT2D eigenvalue weighted by Gasteiger charge is -1.99. The van der Waals surface area contributed by atoms with Crippen LogP contribution in [0.2, 0.25) is 0 Å². The van der Waals surface area contributed by atoms with Gasteiger partial charge in [-0.05, 0) is 25.7 Å². The van der Waals surface area contributed by atoms with Gasteiger partial charge in [-0.25, -0.2) is 4.79 Å². The van der Waals surface area contributed by atoms with Crippen LogP contribution >= 0.6 is 0 Å². The van der Waals surface area contributed by atoms with Crippen molar-refractivity contribution < 1.29 is 14.6 Å². The van der Waals surface area contributed by atoms with Gasteiger partial charge < -0.3 is 9.84 Å². The molecule has 0 bridgehead atoms. The van der Waals surface area contributed by atoms with E-state index in [4.69, 9.17) is 9.84 Å². The maximum absolute atomic E-state index is 10.3. The molecule has 3 heteroatoms. The van der Waals surface area contributed by atoms with E-state index >= 15 is 0 Å². The van der Waals surface area contributed by atoms with Crippen molar-refractivity contribution in [1.29, 1.82) is 0 Å². The summed E-state index contributed by atoms with van der Waals surface area (Å²) in [6, 6.07) is 0. The number of rotatable bonds is 14. The Morgan fingerprint density at radius 1 is 0.952 bits per heavy atom. The molecule has 0 aromatic carbocycles. The Morgan fingerprint density at radius 2 is 1.52 bits per heavy atom. The highest BCUT2D eigenvalue weighted by Gasteiger charge is 2.36. The zero-order valence-corrected chi connectivity index (χ0v) is 13.6. The van der Waals surface area contributed by atoms with Crippen LogP contribution in [0.4, 0.5) is 0 Å². The minimum absolute atomic E-state index is 0.523. The monoisotopic (exact) mass is 296 g/mol. The van der Waals surface area contributed by atoms with Crippen LogP contribution in [0.25, 0.3) is 0 Å². The smallest absolute Gasteiger partial charge is 0.327 e. The van der Waals surface area contributed by atoms with E-state index in [2.05, 4.69) is 6.92 Å². The molecule has 2 atom stereocenters. The summed E-state index contributed by atoms with van der Waals surface area (Å²) in [6.45, 7) is 2.26. The molecule has 122 valence electrons. The number of ether oxygens (including phenoxy) is 1. The lowest BCUT2D eigenvalue weighted by molar-refractivity contribution is -0.131. The molecular weight excluding hydrogens is 264 g/mol. The molecule has 3 nitrogen and oxygen atoms in total. The Morgan fingerprint density at radius 3 is 2.14 bits per heavy atom. The normalized spacial score (nSPS) is 21.0. The molecule has 21 heavy (non-hydrogen) atoms. The predicted octanol–water partition coefficient (Wildman–Crippen LogP) is 5.10. The molecular formula is C18H32O3. The standard InChI is InChI=1S/C18H32O3/c1-2-3-4-5-7-10-13-16-17(21-16)14-11-8-6-9-12-15-18(19)20/h12,15-17H,2-11,13-14H2,1H3,(H,19,20)/b15-12-. The third-order valence-corrected chi connectivity index (χ3v) is 4.15. The zero-order chi connectivity index (χ0) is 15.3. The first kappa shape index (κ1) is 18.2. The molecule has 0 spiro atoms. The first-order valence-electron chi connectivity index (χ1n) is 8.79. The van der Waals surface area contributed by atoms with Crippen LogP contribution in [0, 0.1) is 0 Å². The van der Waals surface area contributed by atoms with Crippen LogP contribution in [-0.2, 0) is 9.53 Å². The second-order valence-corrected chi connectivity index (χ2v) is 6.15. The Hall–Kier alpha value is -0.830. The van der Waals surface area contributed by atoms with Crippen molar-refractivity contribution in [3.63, 3.8) is 0 Å². The van der Waals surface area contributed by atoms with Gasteiger partial charge in [-0.2, -0.15) is 0 Å². The number of hydrogen-bond acceptors (Lipinski definition) is 2. The fraction of sp³-hybridized carbons (Fsp3) is 0.833. The van der Waals surface area contributed by atoms with Crippen molar-refractivity contribution in [3.8, 4) is 0 Å². The molecule has 2 unspecified atom stereocenters. The van der Waals surface area contributed by atoms with Gasteiger partial charge in [0.1, 0.15) is 0 Å². The number of carboxylic acid groups (broad SMARTS) is 1. The van der Waals surface area contributed by atoms with Gasteiger partial charge in [0, 0.05) is 6.08 Å². The van der Waals surface area contributed by atoms with Gasteiger partial charge in [-0.3, -0.25) is 0 Å². The summed E-state index contributed by atoms with van der Waals surface area (Å²) >= 11 is 0. The number of epoxide rings is 1. The van der Waals surface area contributed by atoms with Crippen LogP contribution in [0.15, 0.2) is 12.2 Å². The van der Waals surface area contributed by atoms with Crippen LogP contribution < -0.4 is 0 Å². The van der Waals surface area contributed by atoms with Crippen molar-refractivity contribution in [3.05, 3.63) is 12.2 Å². The fourth-order valence-electron chi connectivity index (χ4n) is 2.78. The number of carbonyl (C=O) groups is 1. The third kappa shape index (κ3) is 10.5. The largest absolute Gasteiger partial charge is 0.478 e. The highest BCUT2D eigenvalue weighted by Crippen LogP contribution is 2.31. The lowest BCUT2D eigenvalue weighted by Crippen LogP contribution is -1.94. The number of aliphatic carboxylic acids is 1. The van der Waals surface area contributed by atoms with Gasteiger partial charge in [0.2, 0.25) is 0 Å². The quantitative estimate of drug-likeness (QED) is 0.276. The van der Waals surface area contributed by atoms with Crippen molar-refractivity contribution in [2.24, 2.45) is 0 Å². The molecule has 1 rings (SSSR count). The van der Waals surface area contributed by atoms with Gasteiger partial charge in [0.15, 0.2) is 0 Å². The maximum Gasteiger partial charge on any atom is 0.327 e. The van der Waals surface area contributed by atoms with Gasteiger partial charge >= 0.3 is 5.97 Å². The van der Waals surface area contributed by atoms with Crippen LogP contribution in [0.5, 0.6) is 0 Å². The van der Waals surface area contributed by atoms with Crippen LogP contribution in [-0.4, -0.2) is 23.3 Å². The number of carboxylic acids is 1. The van der Waals surface area contributed by atoms with Crippen molar-refractivity contribution in [2.45, 2.75) is 96.2 Å². The van der Waals surface area contributed by atoms with Crippen molar-refractivity contribution in [2.75, 3.05) is 0 Å². The van der Waals surface area contributed by atoms with Gasteiger partial charge in [0.05, 0.1) is 12.2 Å². The number of hydrogen-bond donors (Lipinski definition) is 1. The summed E-state index contributed by atoms with van der Waals surface area (Å²) < 4.78 is 5.71. The molecule has 1 aliphatic rings. The maximum atomic E-state index is 10.3. The van der Waals surface area contributed by atoms with Crippen molar-refractivity contribution in [1.82, 2.24) is 0 Å². The highest BCUT2D eigenvalue weighted by molar-refractivity contribution is 5.79. The minimum Gasteiger partial charge on any atom is -0.478 e. The van der Waals surface area contributed by atoms with Gasteiger partial charge in [0.25, 0.3) is 0 Å². The lowest BCUT2D eigenvalue weighted by atomic mass is 10.0. The molecule has 1 heterocycles.